The summed E-state index contributed by atoms with van der Waals surface area (Å²) in [7, 11) is 0. The molecule has 0 aliphatic carbocycles. The molecule has 0 saturated heterocycles. The molecule has 34 valence electrons. The van der Waals surface area contributed by atoms with Gasteiger partial charge in [-0.05, 0) is 6.92 Å². The summed E-state index contributed by atoms with van der Waals surface area (Å²) in [6.07, 6.45) is 0.701. The average Bonchev–Trinajstić information content (AvgIpc) is 1.65. The van der Waals surface area contributed by atoms with Crippen molar-refractivity contribution in [2.24, 2.45) is 0 Å². The van der Waals surface area contributed by atoms with E-state index in [0.717, 1.165) is 0 Å². The van der Waals surface area contributed by atoms with Crippen LogP contribution in [-0.2, 0) is 4.79 Å². The van der Waals surface area contributed by atoms with E-state index in [4.69, 9.17) is 11.6 Å². The summed E-state index contributed by atoms with van der Waals surface area (Å²) in [5.74, 6) is 0. The number of hydrogen-bond donors (Lipinski definition) is 0. The Hall–Kier alpha value is -0.300. The molecule has 0 aliphatic rings. The van der Waals surface area contributed by atoms with Crippen molar-refractivity contribution in [2.45, 2.75) is 6.92 Å². The first kappa shape index (κ1) is 5.70. The lowest BCUT2D eigenvalue weighted by Crippen LogP contribution is -1.68. The second-order valence-corrected chi connectivity index (χ2v) is 1.19. The van der Waals surface area contributed by atoms with Crippen LogP contribution < -0.4 is 0 Å². The van der Waals surface area contributed by atoms with Crippen LogP contribution in [0.2, 0.25) is 0 Å². The van der Waals surface area contributed by atoms with E-state index in [1.54, 1.807) is 6.92 Å². The second-order valence-electron chi connectivity index (χ2n) is 0.971. The summed E-state index contributed by atoms with van der Waals surface area (Å²) < 4.78 is 0. The molecule has 0 radical (unpaired) electrons. The Balaban J connectivity index is 3.50. The van der Waals surface area contributed by atoms with Crippen molar-refractivity contribution in [1.82, 2.24) is 0 Å². The molecule has 0 unspecified atom stereocenters. The SMILES string of the molecule is CC(C=O)=CCl. The van der Waals surface area contributed by atoms with E-state index >= 15 is 0 Å². The molecule has 1 nitrogen and oxygen atoms in total. The Labute approximate surface area is 41.6 Å². The van der Waals surface area contributed by atoms with Crippen molar-refractivity contribution in [3.63, 3.8) is 0 Å². The highest BCUT2D eigenvalue weighted by atomic mass is 35.5. The number of rotatable bonds is 1. The van der Waals surface area contributed by atoms with Gasteiger partial charge in [0.25, 0.3) is 0 Å². The molecule has 0 spiro atoms. The Morgan fingerprint density at radius 2 is 2.33 bits per heavy atom. The van der Waals surface area contributed by atoms with Gasteiger partial charge in [-0.15, -0.1) is 0 Å². The van der Waals surface area contributed by atoms with Crippen LogP contribution in [0.5, 0.6) is 0 Å². The van der Waals surface area contributed by atoms with Gasteiger partial charge < -0.3 is 0 Å². The molecule has 0 atom stereocenters. The van der Waals surface area contributed by atoms with Gasteiger partial charge in [0.15, 0.2) is 0 Å². The third-order valence-electron chi connectivity index (χ3n) is 0.358. The fourth-order valence-electron chi connectivity index (χ4n) is 0.0257. The zero-order chi connectivity index (χ0) is 4.99. The zero-order valence-corrected chi connectivity index (χ0v) is 4.20. The highest BCUT2D eigenvalue weighted by molar-refractivity contribution is 6.26. The summed E-state index contributed by atoms with van der Waals surface area (Å²) in [5, 5.41) is 0. The molecular formula is C4H5ClO. The summed E-state index contributed by atoms with van der Waals surface area (Å²) in [6, 6.07) is 0. The molecule has 0 aromatic heterocycles. The van der Waals surface area contributed by atoms with Crippen LogP contribution in [0.25, 0.3) is 0 Å². The largest absolute Gasteiger partial charge is 0.298 e. The Morgan fingerprint density at radius 1 is 1.83 bits per heavy atom. The molecule has 0 fully saturated rings. The first-order valence-electron chi connectivity index (χ1n) is 1.53. The van der Waals surface area contributed by atoms with Crippen molar-refractivity contribution < 1.29 is 4.79 Å². The standard InChI is InChI=1S/C4H5ClO/c1-4(2-5)3-6/h2-3H,1H3. The summed E-state index contributed by atoms with van der Waals surface area (Å²) in [4.78, 5) is 9.58. The lowest BCUT2D eigenvalue weighted by Gasteiger charge is -1.71. The summed E-state index contributed by atoms with van der Waals surface area (Å²) in [5.41, 5.74) is 1.80. The van der Waals surface area contributed by atoms with E-state index in [1.807, 2.05) is 0 Å². The zero-order valence-electron chi connectivity index (χ0n) is 3.44. The van der Waals surface area contributed by atoms with Crippen LogP contribution in [0, 0.1) is 0 Å². The molecule has 6 heavy (non-hydrogen) atoms. The molecule has 0 aromatic carbocycles. The predicted molar refractivity (Wildman–Crippen MR) is 25.7 cm³/mol. The van der Waals surface area contributed by atoms with Gasteiger partial charge >= 0.3 is 0 Å². The molecule has 2 heteroatoms. The molecule has 0 saturated carbocycles. The number of carbonyl (C=O) groups is 1. The van der Waals surface area contributed by atoms with Crippen molar-refractivity contribution in [2.75, 3.05) is 0 Å². The predicted octanol–water partition coefficient (Wildman–Crippen LogP) is 1.33. The highest BCUT2D eigenvalue weighted by Crippen LogP contribution is 1.86. The lowest BCUT2D eigenvalue weighted by molar-refractivity contribution is -0.104. The van der Waals surface area contributed by atoms with E-state index in [0.29, 0.717) is 11.9 Å². The van der Waals surface area contributed by atoms with Gasteiger partial charge in [-0.3, -0.25) is 4.79 Å². The van der Waals surface area contributed by atoms with Crippen LogP contribution in [-0.4, -0.2) is 6.29 Å². The molecule has 0 aromatic rings. The Morgan fingerprint density at radius 3 is 2.33 bits per heavy atom. The van der Waals surface area contributed by atoms with Gasteiger partial charge in [-0.25, -0.2) is 0 Å². The molecule has 0 bridgehead atoms. The van der Waals surface area contributed by atoms with Crippen molar-refractivity contribution in [1.29, 1.82) is 0 Å². The first-order valence-corrected chi connectivity index (χ1v) is 1.97. The van der Waals surface area contributed by atoms with Crippen molar-refractivity contribution >= 4 is 17.9 Å². The number of halogens is 1. The second kappa shape index (κ2) is 2.91. The Kier molecular flexibility index (Phi) is 2.77. The van der Waals surface area contributed by atoms with Gasteiger partial charge in [0.2, 0.25) is 0 Å². The molecular weight excluding hydrogens is 99.5 g/mol. The highest BCUT2D eigenvalue weighted by Gasteiger charge is 1.74. The third-order valence-corrected chi connectivity index (χ3v) is 0.702. The Bertz CT molecular complexity index is 75.6. The van der Waals surface area contributed by atoms with E-state index in [-0.39, 0.29) is 0 Å². The van der Waals surface area contributed by atoms with E-state index in [1.165, 1.54) is 5.54 Å². The third kappa shape index (κ3) is 1.97. The molecule has 0 amide bonds. The van der Waals surface area contributed by atoms with Crippen molar-refractivity contribution in [3.8, 4) is 0 Å². The maximum absolute atomic E-state index is 9.58. The van der Waals surface area contributed by atoms with E-state index < -0.39 is 0 Å². The molecule has 0 aliphatic heterocycles. The quantitative estimate of drug-likeness (QED) is 0.362. The summed E-state index contributed by atoms with van der Waals surface area (Å²) >= 11 is 5.06. The molecule has 0 rings (SSSR count). The van der Waals surface area contributed by atoms with E-state index in [9.17, 15) is 4.79 Å². The van der Waals surface area contributed by atoms with Crippen LogP contribution in [0.4, 0.5) is 0 Å². The number of hydrogen-bond acceptors (Lipinski definition) is 1. The maximum atomic E-state index is 9.58. The average molecular weight is 105 g/mol. The van der Waals surface area contributed by atoms with Gasteiger partial charge in [0, 0.05) is 11.1 Å². The first-order chi connectivity index (χ1) is 2.81. The van der Waals surface area contributed by atoms with Crippen LogP contribution in [0.15, 0.2) is 11.1 Å². The fourth-order valence-corrected chi connectivity index (χ4v) is 0.0772. The van der Waals surface area contributed by atoms with Gasteiger partial charge in [0.05, 0.1) is 0 Å². The van der Waals surface area contributed by atoms with Gasteiger partial charge in [0.1, 0.15) is 6.29 Å². The smallest absolute Gasteiger partial charge is 0.146 e. The molecule has 0 heterocycles. The number of carbonyl (C=O) groups excluding carboxylic acids is 1. The van der Waals surface area contributed by atoms with E-state index in [2.05, 4.69) is 0 Å². The summed E-state index contributed by atoms with van der Waals surface area (Å²) in [6.45, 7) is 1.64. The number of allylic oxidation sites excluding steroid dienone is 1. The van der Waals surface area contributed by atoms with Crippen LogP contribution in [0.3, 0.4) is 0 Å². The maximum Gasteiger partial charge on any atom is 0.146 e. The van der Waals surface area contributed by atoms with Crippen LogP contribution in [0.1, 0.15) is 6.92 Å². The lowest BCUT2D eigenvalue weighted by atomic mass is 10.4. The van der Waals surface area contributed by atoms with Gasteiger partial charge in [-0.1, -0.05) is 11.6 Å². The molecule has 0 N–H and O–H groups in total. The monoisotopic (exact) mass is 104 g/mol. The fraction of sp³-hybridized carbons (Fsp3) is 0.250. The minimum absolute atomic E-state index is 0.552. The normalized spacial score (nSPS) is 11.3. The van der Waals surface area contributed by atoms with Crippen LogP contribution >= 0.6 is 11.6 Å². The van der Waals surface area contributed by atoms with Gasteiger partial charge in [-0.2, -0.15) is 0 Å². The number of aldehydes is 1. The van der Waals surface area contributed by atoms with Crippen molar-refractivity contribution in [3.05, 3.63) is 11.1 Å². The minimum Gasteiger partial charge on any atom is -0.298 e. The minimum atomic E-state index is 0.552. The topological polar surface area (TPSA) is 17.1 Å².